The van der Waals surface area contributed by atoms with Crippen molar-refractivity contribution < 1.29 is 9.18 Å². The van der Waals surface area contributed by atoms with Crippen LogP contribution in [-0.4, -0.2) is 10.8 Å². The highest BCUT2D eigenvalue weighted by Crippen LogP contribution is 2.15. The fourth-order valence-corrected chi connectivity index (χ4v) is 1.47. The summed E-state index contributed by atoms with van der Waals surface area (Å²) in [5.41, 5.74) is 1.26. The van der Waals surface area contributed by atoms with Gasteiger partial charge in [0.05, 0.1) is 5.69 Å². The number of carbonyl (C=O) groups excluding carboxylic acids is 1. The van der Waals surface area contributed by atoms with Crippen LogP contribution < -0.4 is 0 Å². The molecule has 2 rings (SSSR count). The third kappa shape index (κ3) is 3.08. The molecular formula is C12H12Cl2FNO. The van der Waals surface area contributed by atoms with E-state index in [0.717, 1.165) is 0 Å². The zero-order valence-electron chi connectivity index (χ0n) is 9.07. The van der Waals surface area contributed by atoms with Gasteiger partial charge in [-0.25, -0.2) is 4.39 Å². The number of rotatable bonds is 2. The fourth-order valence-electron chi connectivity index (χ4n) is 1.47. The molecule has 0 atom stereocenters. The van der Waals surface area contributed by atoms with Crippen molar-refractivity contribution in [2.45, 2.75) is 6.92 Å². The maximum Gasteiger partial charge on any atom is 0.209 e. The first kappa shape index (κ1) is 15.7. The maximum absolute atomic E-state index is 13.2. The van der Waals surface area contributed by atoms with Crippen LogP contribution in [0.2, 0.25) is 0 Å². The van der Waals surface area contributed by atoms with Gasteiger partial charge in [0.25, 0.3) is 0 Å². The number of nitrogens with one attached hydrogen (secondary N) is 1. The average molecular weight is 276 g/mol. The molecule has 1 N–H and O–H groups in total. The van der Waals surface area contributed by atoms with Crippen molar-refractivity contribution in [1.82, 2.24) is 4.98 Å². The van der Waals surface area contributed by atoms with Crippen molar-refractivity contribution >= 4 is 30.6 Å². The van der Waals surface area contributed by atoms with Crippen LogP contribution in [0, 0.1) is 12.7 Å². The molecule has 1 aromatic carbocycles. The fraction of sp³-hybridized carbons (Fsp3) is 0.0833. The number of hydrogen-bond acceptors (Lipinski definition) is 1. The number of ketones is 1. The molecule has 5 heteroatoms. The molecule has 17 heavy (non-hydrogen) atoms. The third-order valence-corrected chi connectivity index (χ3v) is 2.35. The third-order valence-electron chi connectivity index (χ3n) is 2.35. The normalized spacial score (nSPS) is 9.06. The second-order valence-corrected chi connectivity index (χ2v) is 3.33. The van der Waals surface area contributed by atoms with Gasteiger partial charge in [-0.15, -0.1) is 24.8 Å². The van der Waals surface area contributed by atoms with Crippen molar-refractivity contribution in [3.05, 3.63) is 59.2 Å². The Kier molecular flexibility index (Phi) is 5.93. The van der Waals surface area contributed by atoms with Crippen molar-refractivity contribution in [2.75, 3.05) is 0 Å². The summed E-state index contributed by atoms with van der Waals surface area (Å²) in [4.78, 5) is 14.7. The Morgan fingerprint density at radius 2 is 1.88 bits per heavy atom. The van der Waals surface area contributed by atoms with Gasteiger partial charge < -0.3 is 4.98 Å². The Bertz CT molecular complexity index is 497. The molecule has 0 aliphatic rings. The number of hydrogen-bond donors (Lipinski definition) is 1. The lowest BCUT2D eigenvalue weighted by Crippen LogP contribution is -2.05. The molecule has 0 saturated heterocycles. The molecular weight excluding hydrogens is 264 g/mol. The van der Waals surface area contributed by atoms with E-state index >= 15 is 0 Å². The monoisotopic (exact) mass is 275 g/mol. The molecule has 0 bridgehead atoms. The van der Waals surface area contributed by atoms with E-state index in [2.05, 4.69) is 4.98 Å². The standard InChI is InChI=1S/C12H10FNO.2ClH/c1-8-9(4-2-5-10(8)13)12(15)11-6-3-7-14-11;;/h2-7,14H,1H3;2*1H. The molecule has 0 aliphatic heterocycles. The molecule has 1 aromatic heterocycles. The van der Waals surface area contributed by atoms with Gasteiger partial charge in [-0.3, -0.25) is 4.79 Å². The Morgan fingerprint density at radius 3 is 2.47 bits per heavy atom. The lowest BCUT2D eigenvalue weighted by Gasteiger charge is -2.03. The molecule has 1 heterocycles. The quantitative estimate of drug-likeness (QED) is 0.836. The highest BCUT2D eigenvalue weighted by Gasteiger charge is 2.13. The topological polar surface area (TPSA) is 32.9 Å². The van der Waals surface area contributed by atoms with Crippen LogP contribution in [0.3, 0.4) is 0 Å². The first-order valence-corrected chi connectivity index (χ1v) is 4.63. The van der Waals surface area contributed by atoms with E-state index in [9.17, 15) is 9.18 Å². The minimum atomic E-state index is -0.354. The number of aromatic nitrogens is 1. The molecule has 0 spiro atoms. The molecule has 0 radical (unpaired) electrons. The van der Waals surface area contributed by atoms with E-state index in [0.29, 0.717) is 16.8 Å². The number of halogens is 3. The summed E-state index contributed by atoms with van der Waals surface area (Å²) >= 11 is 0. The van der Waals surface area contributed by atoms with Crippen molar-refractivity contribution in [3.63, 3.8) is 0 Å². The molecule has 0 fully saturated rings. The minimum absolute atomic E-state index is 0. The van der Waals surface area contributed by atoms with E-state index in [-0.39, 0.29) is 36.4 Å². The predicted octanol–water partition coefficient (Wildman–Crippen LogP) is 3.54. The Balaban J connectivity index is 0.00000128. The summed E-state index contributed by atoms with van der Waals surface area (Å²) in [6.07, 6.45) is 1.67. The van der Waals surface area contributed by atoms with Crippen molar-refractivity contribution in [3.8, 4) is 0 Å². The lowest BCUT2D eigenvalue weighted by atomic mass is 10.0. The Hall–Kier alpha value is -1.32. The van der Waals surface area contributed by atoms with Gasteiger partial charge >= 0.3 is 0 Å². The van der Waals surface area contributed by atoms with Crippen molar-refractivity contribution in [1.29, 1.82) is 0 Å². The van der Waals surface area contributed by atoms with Gasteiger partial charge in [-0.1, -0.05) is 12.1 Å². The van der Waals surface area contributed by atoms with Crippen molar-refractivity contribution in [2.24, 2.45) is 0 Å². The van der Waals surface area contributed by atoms with Gasteiger partial charge in [0.2, 0.25) is 5.78 Å². The van der Waals surface area contributed by atoms with Crippen LogP contribution in [-0.2, 0) is 0 Å². The number of carbonyl (C=O) groups is 1. The zero-order valence-corrected chi connectivity index (χ0v) is 10.7. The van der Waals surface area contributed by atoms with Crippen LogP contribution in [0.4, 0.5) is 4.39 Å². The van der Waals surface area contributed by atoms with Gasteiger partial charge in [0.15, 0.2) is 0 Å². The Labute approximate surface area is 111 Å². The summed E-state index contributed by atoms with van der Waals surface area (Å²) in [6.45, 7) is 1.60. The van der Waals surface area contributed by atoms with E-state index in [1.807, 2.05) is 0 Å². The highest BCUT2D eigenvalue weighted by atomic mass is 35.5. The number of aromatic amines is 1. The Morgan fingerprint density at radius 1 is 1.18 bits per heavy atom. The molecule has 0 aliphatic carbocycles. The largest absolute Gasteiger partial charge is 0.359 e. The second-order valence-electron chi connectivity index (χ2n) is 3.33. The summed E-state index contributed by atoms with van der Waals surface area (Å²) in [6, 6.07) is 7.93. The van der Waals surface area contributed by atoms with E-state index in [1.165, 1.54) is 6.07 Å². The summed E-state index contributed by atoms with van der Waals surface area (Å²) < 4.78 is 13.2. The second kappa shape index (κ2) is 6.42. The van der Waals surface area contributed by atoms with Crippen LogP contribution in [0.1, 0.15) is 21.6 Å². The SMILES string of the molecule is Cc1c(F)cccc1C(=O)c1ccc[nH]1.Cl.Cl. The number of benzene rings is 1. The van der Waals surface area contributed by atoms with E-state index in [1.54, 1.807) is 37.4 Å². The van der Waals surface area contributed by atoms with Gasteiger partial charge in [-0.2, -0.15) is 0 Å². The maximum atomic E-state index is 13.2. The highest BCUT2D eigenvalue weighted by molar-refractivity contribution is 6.08. The predicted molar refractivity (Wildman–Crippen MR) is 69.9 cm³/mol. The van der Waals surface area contributed by atoms with Gasteiger partial charge in [-0.05, 0) is 30.7 Å². The average Bonchev–Trinajstić information content (AvgIpc) is 2.74. The zero-order chi connectivity index (χ0) is 10.8. The molecule has 2 nitrogen and oxygen atoms in total. The molecule has 92 valence electrons. The van der Waals surface area contributed by atoms with Gasteiger partial charge in [0, 0.05) is 11.8 Å². The van der Waals surface area contributed by atoms with Gasteiger partial charge in [0.1, 0.15) is 5.82 Å². The first-order chi connectivity index (χ1) is 7.20. The molecule has 0 amide bonds. The number of H-pyrrole nitrogens is 1. The first-order valence-electron chi connectivity index (χ1n) is 4.63. The summed E-state index contributed by atoms with van der Waals surface area (Å²) in [7, 11) is 0. The van der Waals surface area contributed by atoms with Crippen LogP contribution >= 0.6 is 24.8 Å². The van der Waals surface area contributed by atoms with Crippen LogP contribution in [0.25, 0.3) is 0 Å². The molecule has 2 aromatic rings. The lowest BCUT2D eigenvalue weighted by molar-refractivity contribution is 0.103. The smallest absolute Gasteiger partial charge is 0.209 e. The molecule has 0 unspecified atom stereocenters. The van der Waals surface area contributed by atoms with Crippen LogP contribution in [0.15, 0.2) is 36.5 Å². The summed E-state index contributed by atoms with van der Waals surface area (Å²) in [5, 5.41) is 0. The summed E-state index contributed by atoms with van der Waals surface area (Å²) in [5.74, 6) is -0.538. The van der Waals surface area contributed by atoms with E-state index < -0.39 is 0 Å². The minimum Gasteiger partial charge on any atom is -0.359 e. The molecule has 0 saturated carbocycles. The van der Waals surface area contributed by atoms with Crippen LogP contribution in [0.5, 0.6) is 0 Å². The van der Waals surface area contributed by atoms with E-state index in [4.69, 9.17) is 0 Å².